The van der Waals surface area contributed by atoms with Gasteiger partial charge in [0.2, 0.25) is 5.12 Å². The summed E-state index contributed by atoms with van der Waals surface area (Å²) in [7, 11) is 0. The molecule has 0 radical (unpaired) electrons. The van der Waals surface area contributed by atoms with Crippen LogP contribution in [0.1, 0.15) is 61.3 Å². The lowest BCUT2D eigenvalue weighted by atomic mass is 10.1. The van der Waals surface area contributed by atoms with Gasteiger partial charge >= 0.3 is 0 Å². The van der Waals surface area contributed by atoms with E-state index in [9.17, 15) is 4.79 Å². The fourth-order valence-electron chi connectivity index (χ4n) is 1.58. The van der Waals surface area contributed by atoms with E-state index in [2.05, 4.69) is 34.6 Å². The first-order chi connectivity index (χ1) is 8.20. The molecule has 0 aliphatic heterocycles. The van der Waals surface area contributed by atoms with Crippen molar-refractivity contribution in [1.82, 2.24) is 0 Å². The van der Waals surface area contributed by atoms with Gasteiger partial charge in [0.05, 0.1) is 0 Å². The second kappa shape index (κ2) is 8.21. The largest absolute Gasteiger partial charge is 0.367 e. The minimum absolute atomic E-state index is 0.159. The van der Waals surface area contributed by atoms with Crippen molar-refractivity contribution in [2.24, 2.45) is 11.8 Å². The van der Waals surface area contributed by atoms with Gasteiger partial charge in [-0.25, -0.2) is 0 Å². The number of carbonyl (C=O) groups is 1. The second-order valence-corrected chi connectivity index (χ2v) is 7.35. The highest BCUT2D eigenvalue weighted by Crippen LogP contribution is 2.29. The summed E-state index contributed by atoms with van der Waals surface area (Å²) in [5, 5.41) is 0.553. The Hall–Kier alpha value is -0.0200. The number of rotatable bonds is 8. The Balaban J connectivity index is 4.28. The van der Waals surface area contributed by atoms with Crippen LogP contribution in [-0.2, 0) is 9.53 Å². The molecule has 0 N–H and O–H groups in total. The van der Waals surface area contributed by atoms with E-state index in [1.807, 2.05) is 13.8 Å². The Kier molecular flexibility index (Phi) is 8.20. The summed E-state index contributed by atoms with van der Waals surface area (Å²) in [4.78, 5) is 12.3. The van der Waals surface area contributed by atoms with Crippen molar-refractivity contribution in [2.45, 2.75) is 72.2 Å². The summed E-state index contributed by atoms with van der Waals surface area (Å²) >= 11 is 1.45. The fraction of sp³-hybridized carbons (Fsp3) is 0.933. The Bertz CT molecular complexity index is 247. The average molecular weight is 274 g/mol. The third-order valence-electron chi connectivity index (χ3n) is 3.05. The summed E-state index contributed by atoms with van der Waals surface area (Å²) in [5.41, 5.74) is -0.665. The van der Waals surface area contributed by atoms with E-state index in [-0.39, 0.29) is 5.12 Å². The first kappa shape index (κ1) is 18.0. The number of hydrogen-bond acceptors (Lipinski definition) is 3. The monoisotopic (exact) mass is 274 g/mol. The van der Waals surface area contributed by atoms with Crippen molar-refractivity contribution in [3.05, 3.63) is 0 Å². The maximum absolute atomic E-state index is 12.3. The van der Waals surface area contributed by atoms with E-state index in [1.54, 1.807) is 0 Å². The van der Waals surface area contributed by atoms with Crippen molar-refractivity contribution in [2.75, 3.05) is 6.61 Å². The van der Waals surface area contributed by atoms with Crippen LogP contribution in [-0.4, -0.2) is 22.6 Å². The van der Waals surface area contributed by atoms with E-state index in [4.69, 9.17) is 4.74 Å². The van der Waals surface area contributed by atoms with Gasteiger partial charge in [0.25, 0.3) is 0 Å². The predicted molar refractivity (Wildman–Crippen MR) is 81.0 cm³/mol. The summed E-state index contributed by atoms with van der Waals surface area (Å²) in [5.74, 6) is 1.14. The Morgan fingerprint density at radius 1 is 1.22 bits per heavy atom. The molecule has 0 saturated heterocycles. The van der Waals surface area contributed by atoms with Gasteiger partial charge in [0, 0.05) is 11.9 Å². The minimum atomic E-state index is -0.665. The SMILES string of the molecule is CCC(SC(=O)C(C)(C)OCCC(C)C)C(C)C. The van der Waals surface area contributed by atoms with Crippen molar-refractivity contribution in [3.63, 3.8) is 0 Å². The Labute approximate surface area is 117 Å². The van der Waals surface area contributed by atoms with Crippen molar-refractivity contribution in [3.8, 4) is 0 Å². The van der Waals surface area contributed by atoms with Crippen LogP contribution in [0.2, 0.25) is 0 Å². The van der Waals surface area contributed by atoms with Crippen LogP contribution >= 0.6 is 11.8 Å². The maximum atomic E-state index is 12.3. The molecule has 0 amide bonds. The summed E-state index contributed by atoms with van der Waals surface area (Å²) < 4.78 is 5.76. The van der Waals surface area contributed by atoms with E-state index >= 15 is 0 Å². The van der Waals surface area contributed by atoms with E-state index in [1.165, 1.54) is 11.8 Å². The van der Waals surface area contributed by atoms with Gasteiger partial charge < -0.3 is 4.74 Å². The molecule has 0 fully saturated rings. The molecule has 1 unspecified atom stereocenters. The van der Waals surface area contributed by atoms with Gasteiger partial charge in [-0.2, -0.15) is 0 Å². The molecular formula is C15H30O2S. The van der Waals surface area contributed by atoms with Gasteiger partial charge in [-0.15, -0.1) is 0 Å². The van der Waals surface area contributed by atoms with Crippen molar-refractivity contribution >= 4 is 16.9 Å². The number of carbonyl (C=O) groups excluding carboxylic acids is 1. The Morgan fingerprint density at radius 2 is 1.78 bits per heavy atom. The zero-order chi connectivity index (χ0) is 14.3. The summed E-state index contributed by atoms with van der Waals surface area (Å²) in [6, 6.07) is 0. The molecule has 0 saturated carbocycles. The first-order valence-electron chi connectivity index (χ1n) is 7.05. The first-order valence-corrected chi connectivity index (χ1v) is 7.93. The second-order valence-electron chi connectivity index (χ2n) is 6.14. The standard InChI is InChI=1S/C15H30O2S/c1-8-13(12(4)5)18-14(16)15(6,7)17-10-9-11(2)3/h11-13H,8-10H2,1-7H3. The smallest absolute Gasteiger partial charge is 0.220 e. The van der Waals surface area contributed by atoms with E-state index < -0.39 is 5.60 Å². The highest BCUT2D eigenvalue weighted by molar-refractivity contribution is 8.14. The van der Waals surface area contributed by atoms with Crippen LogP contribution in [0.15, 0.2) is 0 Å². The Morgan fingerprint density at radius 3 is 2.17 bits per heavy atom. The molecule has 18 heavy (non-hydrogen) atoms. The molecular weight excluding hydrogens is 244 g/mol. The number of hydrogen-bond donors (Lipinski definition) is 0. The average Bonchev–Trinajstić information content (AvgIpc) is 2.23. The van der Waals surface area contributed by atoms with Gasteiger partial charge in [-0.3, -0.25) is 4.79 Å². The van der Waals surface area contributed by atoms with Crippen LogP contribution < -0.4 is 0 Å². The molecule has 0 aliphatic rings. The van der Waals surface area contributed by atoms with Gasteiger partial charge in [-0.05, 0) is 38.5 Å². The summed E-state index contributed by atoms with van der Waals surface area (Å²) in [6.07, 6.45) is 2.03. The van der Waals surface area contributed by atoms with Gasteiger partial charge in [0.1, 0.15) is 5.60 Å². The molecule has 2 nitrogen and oxygen atoms in total. The molecule has 0 spiro atoms. The molecule has 0 aliphatic carbocycles. The number of thioether (sulfide) groups is 1. The van der Waals surface area contributed by atoms with Gasteiger partial charge in [0.15, 0.2) is 0 Å². The molecule has 0 aromatic heterocycles. The van der Waals surface area contributed by atoms with Crippen LogP contribution in [0.4, 0.5) is 0 Å². The fourth-order valence-corrected chi connectivity index (χ4v) is 2.64. The lowest BCUT2D eigenvalue weighted by molar-refractivity contribution is -0.131. The molecule has 0 aromatic carbocycles. The highest BCUT2D eigenvalue weighted by atomic mass is 32.2. The molecule has 0 heterocycles. The van der Waals surface area contributed by atoms with E-state index in [0.717, 1.165) is 12.8 Å². The maximum Gasteiger partial charge on any atom is 0.220 e. The van der Waals surface area contributed by atoms with Crippen molar-refractivity contribution < 1.29 is 9.53 Å². The third-order valence-corrected chi connectivity index (χ3v) is 4.94. The molecule has 0 bridgehead atoms. The van der Waals surface area contributed by atoms with Crippen LogP contribution in [0.5, 0.6) is 0 Å². The summed E-state index contributed by atoms with van der Waals surface area (Å²) in [6.45, 7) is 15.2. The third kappa shape index (κ3) is 6.79. The topological polar surface area (TPSA) is 26.3 Å². The number of ether oxygens (including phenoxy) is 1. The normalized spacial score (nSPS) is 14.3. The lowest BCUT2D eigenvalue weighted by Crippen LogP contribution is -2.35. The van der Waals surface area contributed by atoms with Crippen molar-refractivity contribution in [1.29, 1.82) is 0 Å². The molecule has 108 valence electrons. The van der Waals surface area contributed by atoms with Crippen LogP contribution in [0, 0.1) is 11.8 Å². The van der Waals surface area contributed by atoms with Gasteiger partial charge in [-0.1, -0.05) is 46.4 Å². The predicted octanol–water partition coefficient (Wildman–Crippen LogP) is 4.52. The van der Waals surface area contributed by atoms with E-state index in [0.29, 0.717) is 23.7 Å². The zero-order valence-corrected chi connectivity index (χ0v) is 13.9. The molecule has 3 heteroatoms. The minimum Gasteiger partial charge on any atom is -0.367 e. The molecule has 1 atom stereocenters. The van der Waals surface area contributed by atoms with Crippen LogP contribution in [0.3, 0.4) is 0 Å². The van der Waals surface area contributed by atoms with Crippen LogP contribution in [0.25, 0.3) is 0 Å². The quantitative estimate of drug-likeness (QED) is 0.651. The highest BCUT2D eigenvalue weighted by Gasteiger charge is 2.31. The molecule has 0 aromatic rings. The lowest BCUT2D eigenvalue weighted by Gasteiger charge is -2.27. The zero-order valence-electron chi connectivity index (χ0n) is 13.1. The molecule has 0 rings (SSSR count).